The molecule has 37 heavy (non-hydrogen) atoms. The molecule has 196 valence electrons. The van der Waals surface area contributed by atoms with E-state index in [0.717, 1.165) is 28.4 Å². The molecular formula is C31H37BrN2O3. The second kappa shape index (κ2) is 14.6. The molecule has 0 saturated carbocycles. The number of halogens is 1. The number of rotatable bonds is 13. The number of amides is 2. The summed E-state index contributed by atoms with van der Waals surface area (Å²) in [5.74, 6) is 0.599. The lowest BCUT2D eigenvalue weighted by Crippen LogP contribution is -2.51. The summed E-state index contributed by atoms with van der Waals surface area (Å²) in [6.07, 6.45) is 2.29. The van der Waals surface area contributed by atoms with Gasteiger partial charge in [-0.1, -0.05) is 93.9 Å². The summed E-state index contributed by atoms with van der Waals surface area (Å²) in [5.41, 5.74) is 3.14. The Kier molecular flexibility index (Phi) is 11.2. The number of carbonyl (C=O) groups is 2. The van der Waals surface area contributed by atoms with Crippen LogP contribution < -0.4 is 10.1 Å². The van der Waals surface area contributed by atoms with Gasteiger partial charge in [-0.15, -0.1) is 0 Å². The lowest BCUT2D eigenvalue weighted by molar-refractivity contribution is -0.142. The molecule has 6 heteroatoms. The molecule has 1 N–H and O–H groups in total. The fraction of sp³-hybridized carbons (Fsp3) is 0.355. The highest BCUT2D eigenvalue weighted by Gasteiger charge is 2.30. The van der Waals surface area contributed by atoms with Crippen molar-refractivity contribution in [2.75, 3.05) is 13.2 Å². The van der Waals surface area contributed by atoms with Gasteiger partial charge in [0.1, 0.15) is 11.8 Å². The molecule has 0 aliphatic carbocycles. The molecule has 0 spiro atoms. The predicted molar refractivity (Wildman–Crippen MR) is 153 cm³/mol. The quantitative estimate of drug-likeness (QED) is 0.241. The van der Waals surface area contributed by atoms with Gasteiger partial charge in [0, 0.05) is 19.5 Å². The monoisotopic (exact) mass is 564 g/mol. The van der Waals surface area contributed by atoms with Crippen LogP contribution in [0.3, 0.4) is 0 Å². The van der Waals surface area contributed by atoms with Crippen molar-refractivity contribution in [3.8, 4) is 5.75 Å². The van der Waals surface area contributed by atoms with Gasteiger partial charge < -0.3 is 15.0 Å². The minimum atomic E-state index is -0.665. The van der Waals surface area contributed by atoms with E-state index in [1.807, 2.05) is 78.9 Å². The van der Waals surface area contributed by atoms with Gasteiger partial charge in [0.05, 0.1) is 4.47 Å². The fourth-order valence-electron chi connectivity index (χ4n) is 4.06. The molecule has 0 heterocycles. The summed E-state index contributed by atoms with van der Waals surface area (Å²) in [6, 6.07) is 24.8. The molecular weight excluding hydrogens is 528 g/mol. The molecule has 3 aromatic carbocycles. The van der Waals surface area contributed by atoms with Gasteiger partial charge in [0.2, 0.25) is 5.91 Å². The molecule has 3 aromatic rings. The molecule has 0 aliphatic rings. The highest BCUT2D eigenvalue weighted by Crippen LogP contribution is 2.29. The molecule has 3 rings (SSSR count). The zero-order chi connectivity index (χ0) is 26.6. The van der Waals surface area contributed by atoms with Crippen LogP contribution in [0.1, 0.15) is 56.2 Å². The minimum absolute atomic E-state index is 0.149. The highest BCUT2D eigenvalue weighted by atomic mass is 79.9. The Morgan fingerprint density at radius 2 is 1.59 bits per heavy atom. The number of carbonyl (C=O) groups excluding carboxylic acids is 2. The molecule has 0 unspecified atom stereocenters. The first kappa shape index (κ1) is 28.5. The summed E-state index contributed by atoms with van der Waals surface area (Å²) in [6.45, 7) is 7.08. The molecule has 0 bridgehead atoms. The molecule has 2 amide bonds. The molecule has 0 aliphatic heterocycles. The van der Waals surface area contributed by atoms with Crippen molar-refractivity contribution < 1.29 is 14.3 Å². The van der Waals surface area contributed by atoms with E-state index in [9.17, 15) is 9.59 Å². The van der Waals surface area contributed by atoms with Gasteiger partial charge in [-0.2, -0.15) is 0 Å². The first-order chi connectivity index (χ1) is 17.9. The number of unbranched alkanes of at least 4 members (excludes halogenated alkanes) is 1. The molecule has 0 aromatic heterocycles. The first-order valence-electron chi connectivity index (χ1n) is 13.0. The summed E-state index contributed by atoms with van der Waals surface area (Å²) in [4.78, 5) is 28.8. The maximum absolute atomic E-state index is 13.7. The zero-order valence-corrected chi connectivity index (χ0v) is 23.5. The van der Waals surface area contributed by atoms with Gasteiger partial charge in [0.25, 0.3) is 5.91 Å². The Labute approximate surface area is 229 Å². The fourth-order valence-corrected chi connectivity index (χ4v) is 4.57. The zero-order valence-electron chi connectivity index (χ0n) is 22.0. The molecule has 0 fully saturated rings. The van der Waals surface area contributed by atoms with E-state index in [1.165, 1.54) is 5.56 Å². The highest BCUT2D eigenvalue weighted by molar-refractivity contribution is 9.10. The summed E-state index contributed by atoms with van der Waals surface area (Å²) in [7, 11) is 0. The van der Waals surface area contributed by atoms with Crippen molar-refractivity contribution >= 4 is 27.7 Å². The Balaban J connectivity index is 1.86. The smallest absolute Gasteiger partial charge is 0.261 e. The van der Waals surface area contributed by atoms with Crippen molar-refractivity contribution in [2.24, 2.45) is 0 Å². The number of nitrogens with one attached hydrogen (secondary N) is 1. The SMILES string of the molecule is CCCCNC(=O)[C@H](Cc1ccccc1)N(Cc1ccccc1)C(=O)COc1ccc(C(C)C)cc1Br. The second-order valence-electron chi connectivity index (χ2n) is 9.49. The number of benzene rings is 3. The van der Waals surface area contributed by atoms with Gasteiger partial charge in [0.15, 0.2) is 6.61 Å². The van der Waals surface area contributed by atoms with E-state index in [-0.39, 0.29) is 18.4 Å². The van der Waals surface area contributed by atoms with Crippen LogP contribution in [-0.4, -0.2) is 35.9 Å². The van der Waals surface area contributed by atoms with Crippen LogP contribution in [0, 0.1) is 0 Å². The van der Waals surface area contributed by atoms with Crippen LogP contribution >= 0.6 is 15.9 Å². The number of hydrogen-bond acceptors (Lipinski definition) is 3. The number of ether oxygens (including phenoxy) is 1. The Morgan fingerprint density at radius 3 is 2.19 bits per heavy atom. The molecule has 0 radical (unpaired) electrons. The van der Waals surface area contributed by atoms with Crippen molar-refractivity contribution in [1.29, 1.82) is 0 Å². The van der Waals surface area contributed by atoms with E-state index in [4.69, 9.17) is 4.74 Å². The second-order valence-corrected chi connectivity index (χ2v) is 10.3. The largest absolute Gasteiger partial charge is 0.483 e. The lowest BCUT2D eigenvalue weighted by Gasteiger charge is -2.31. The van der Waals surface area contributed by atoms with Crippen LogP contribution in [0.25, 0.3) is 0 Å². The Bertz CT molecular complexity index is 1140. The van der Waals surface area contributed by atoms with E-state index in [0.29, 0.717) is 31.2 Å². The van der Waals surface area contributed by atoms with E-state index in [1.54, 1.807) is 4.90 Å². The first-order valence-corrected chi connectivity index (χ1v) is 13.8. The van der Waals surface area contributed by atoms with Crippen LogP contribution in [0.15, 0.2) is 83.3 Å². The summed E-state index contributed by atoms with van der Waals surface area (Å²) < 4.78 is 6.77. The third-order valence-electron chi connectivity index (χ3n) is 6.27. The molecule has 0 saturated heterocycles. The van der Waals surface area contributed by atoms with E-state index < -0.39 is 6.04 Å². The lowest BCUT2D eigenvalue weighted by atomic mass is 10.0. The predicted octanol–water partition coefficient (Wildman–Crippen LogP) is 6.51. The van der Waals surface area contributed by atoms with Crippen LogP contribution in [0.5, 0.6) is 5.75 Å². The summed E-state index contributed by atoms with van der Waals surface area (Å²) in [5, 5.41) is 3.04. The molecule has 1 atom stereocenters. The maximum Gasteiger partial charge on any atom is 0.261 e. The summed E-state index contributed by atoms with van der Waals surface area (Å²) >= 11 is 3.57. The van der Waals surface area contributed by atoms with Gasteiger partial charge in [-0.25, -0.2) is 0 Å². The van der Waals surface area contributed by atoms with Crippen molar-refractivity contribution in [3.05, 3.63) is 100 Å². The van der Waals surface area contributed by atoms with Crippen LogP contribution in [0.4, 0.5) is 0 Å². The van der Waals surface area contributed by atoms with Crippen molar-refractivity contribution in [3.63, 3.8) is 0 Å². The topological polar surface area (TPSA) is 58.6 Å². The third-order valence-corrected chi connectivity index (χ3v) is 6.89. The average molecular weight is 566 g/mol. The Morgan fingerprint density at radius 1 is 0.946 bits per heavy atom. The maximum atomic E-state index is 13.7. The average Bonchev–Trinajstić information content (AvgIpc) is 2.91. The van der Waals surface area contributed by atoms with Crippen LogP contribution in [-0.2, 0) is 22.6 Å². The normalized spacial score (nSPS) is 11.7. The number of nitrogens with zero attached hydrogens (tertiary/aromatic N) is 1. The van der Waals surface area contributed by atoms with Gasteiger partial charge >= 0.3 is 0 Å². The van der Waals surface area contributed by atoms with E-state index >= 15 is 0 Å². The number of hydrogen-bond donors (Lipinski definition) is 1. The third kappa shape index (κ3) is 8.74. The van der Waals surface area contributed by atoms with E-state index in [2.05, 4.69) is 42.0 Å². The minimum Gasteiger partial charge on any atom is -0.483 e. The molecule has 5 nitrogen and oxygen atoms in total. The van der Waals surface area contributed by atoms with Crippen molar-refractivity contribution in [1.82, 2.24) is 10.2 Å². The van der Waals surface area contributed by atoms with Gasteiger partial charge in [-0.05, 0) is 57.1 Å². The van der Waals surface area contributed by atoms with Crippen LogP contribution in [0.2, 0.25) is 0 Å². The standard InChI is InChI=1S/C31H37BrN2O3/c1-4-5-18-33-31(36)28(19-24-12-8-6-9-13-24)34(21-25-14-10-7-11-15-25)30(35)22-37-29-17-16-26(23(2)3)20-27(29)32/h6-17,20,23,28H,4-5,18-19,21-22H2,1-3H3,(H,33,36)/t28-/m0/s1. The van der Waals surface area contributed by atoms with Gasteiger partial charge in [-0.3, -0.25) is 9.59 Å². The van der Waals surface area contributed by atoms with Crippen molar-refractivity contribution in [2.45, 2.75) is 58.5 Å². The Hall–Kier alpha value is -3.12.